The van der Waals surface area contributed by atoms with Crippen molar-refractivity contribution >= 4 is 5.97 Å². The van der Waals surface area contributed by atoms with Crippen LogP contribution in [-0.2, 0) is 19.8 Å². The van der Waals surface area contributed by atoms with Gasteiger partial charge in [-0.05, 0) is 43.2 Å². The molecular formula is C46H64O7. The van der Waals surface area contributed by atoms with Gasteiger partial charge < -0.3 is 28.4 Å². The molecule has 0 saturated heterocycles. The van der Waals surface area contributed by atoms with Crippen molar-refractivity contribution in [3.8, 4) is 23.0 Å². The fourth-order valence-electron chi connectivity index (χ4n) is 7.54. The summed E-state index contributed by atoms with van der Waals surface area (Å²) in [5.41, 5.74) is 1.68. The highest BCUT2D eigenvalue weighted by Crippen LogP contribution is 2.57. The number of rotatable bonds is 28. The molecule has 0 aromatic heterocycles. The molecule has 1 spiro atoms. The summed E-state index contributed by atoms with van der Waals surface area (Å²) < 4.78 is 36.4. The van der Waals surface area contributed by atoms with Gasteiger partial charge in [-0.1, -0.05) is 148 Å². The Balaban J connectivity index is 1.11. The second kappa shape index (κ2) is 22.6. The van der Waals surface area contributed by atoms with Crippen molar-refractivity contribution in [3.05, 3.63) is 82.9 Å². The molecule has 2 heterocycles. The Hall–Kier alpha value is -3.55. The van der Waals surface area contributed by atoms with Crippen molar-refractivity contribution in [2.24, 2.45) is 0 Å². The van der Waals surface area contributed by atoms with E-state index in [9.17, 15) is 4.79 Å². The van der Waals surface area contributed by atoms with Crippen molar-refractivity contribution < 1.29 is 33.2 Å². The van der Waals surface area contributed by atoms with Gasteiger partial charge in [-0.2, -0.15) is 0 Å². The van der Waals surface area contributed by atoms with E-state index in [1.807, 2.05) is 60.7 Å². The zero-order valence-corrected chi connectivity index (χ0v) is 32.6. The number of carbonyl (C=O) groups is 1. The molecule has 2 aliphatic heterocycles. The first kappa shape index (κ1) is 40.6. The lowest BCUT2D eigenvalue weighted by Gasteiger charge is -2.36. The van der Waals surface area contributed by atoms with Gasteiger partial charge in [0, 0.05) is 28.8 Å². The van der Waals surface area contributed by atoms with Gasteiger partial charge in [0.1, 0.15) is 23.0 Å². The molecule has 0 N–H and O–H groups in total. The van der Waals surface area contributed by atoms with Crippen LogP contribution in [0.5, 0.6) is 23.0 Å². The average molecular weight is 729 g/mol. The lowest BCUT2D eigenvalue weighted by Crippen LogP contribution is -2.33. The Morgan fingerprint density at radius 1 is 0.509 bits per heavy atom. The number of hydrogen-bond acceptors (Lipinski definition) is 7. The molecule has 53 heavy (non-hydrogen) atoms. The van der Waals surface area contributed by atoms with Crippen LogP contribution in [0.1, 0.15) is 169 Å². The third-order valence-corrected chi connectivity index (χ3v) is 10.6. The molecule has 290 valence electrons. The van der Waals surface area contributed by atoms with Crippen molar-refractivity contribution in [1.82, 2.24) is 0 Å². The number of unbranched alkanes of at least 4 members (excludes halogenated alkanes) is 18. The maximum atomic E-state index is 13.2. The van der Waals surface area contributed by atoms with E-state index in [0.717, 1.165) is 29.5 Å². The summed E-state index contributed by atoms with van der Waals surface area (Å²) >= 11 is 0. The highest BCUT2D eigenvalue weighted by Gasteiger charge is 2.53. The Bertz CT molecular complexity index is 1440. The first-order valence-corrected chi connectivity index (χ1v) is 20.9. The van der Waals surface area contributed by atoms with E-state index in [-0.39, 0.29) is 19.6 Å². The van der Waals surface area contributed by atoms with Crippen LogP contribution in [0, 0.1) is 0 Å². The molecule has 0 bridgehead atoms. The monoisotopic (exact) mass is 728 g/mol. The maximum Gasteiger partial charge on any atom is 0.340 e. The largest absolute Gasteiger partial charge is 0.467 e. The summed E-state index contributed by atoms with van der Waals surface area (Å²) in [5.74, 6) is 2.00. The Morgan fingerprint density at radius 2 is 0.943 bits per heavy atom. The molecular weight excluding hydrogens is 664 g/mol. The summed E-state index contributed by atoms with van der Waals surface area (Å²) in [6.45, 7) is 6.19. The normalized spacial score (nSPS) is 13.7. The van der Waals surface area contributed by atoms with Crippen LogP contribution in [0.15, 0.2) is 60.7 Å². The molecule has 7 heteroatoms. The van der Waals surface area contributed by atoms with Crippen molar-refractivity contribution in [2.75, 3.05) is 26.8 Å². The van der Waals surface area contributed by atoms with E-state index in [1.54, 1.807) is 0 Å². The molecule has 2 aliphatic rings. The molecule has 0 saturated carbocycles. The molecule has 0 atom stereocenters. The van der Waals surface area contributed by atoms with Crippen LogP contribution in [0.4, 0.5) is 0 Å². The van der Waals surface area contributed by atoms with Crippen molar-refractivity contribution in [2.45, 2.75) is 148 Å². The lowest BCUT2D eigenvalue weighted by atomic mass is 9.77. The molecule has 0 fully saturated rings. The zero-order chi connectivity index (χ0) is 37.0. The number of hydrogen-bond donors (Lipinski definition) is 0. The van der Waals surface area contributed by atoms with Crippen LogP contribution in [0.2, 0.25) is 0 Å². The highest BCUT2D eigenvalue weighted by molar-refractivity contribution is 5.97. The van der Waals surface area contributed by atoms with Crippen LogP contribution in [0.25, 0.3) is 0 Å². The summed E-state index contributed by atoms with van der Waals surface area (Å²) in [6, 6.07) is 18.9. The lowest BCUT2D eigenvalue weighted by molar-refractivity contribution is 0.0129. The highest BCUT2D eigenvalue weighted by atomic mass is 16.7. The van der Waals surface area contributed by atoms with Crippen LogP contribution in [0.3, 0.4) is 0 Å². The maximum absolute atomic E-state index is 13.2. The van der Waals surface area contributed by atoms with E-state index in [1.165, 1.54) is 116 Å². The second-order valence-corrected chi connectivity index (χ2v) is 14.7. The molecule has 3 aromatic carbocycles. The SMILES string of the molecule is CCCCCCCCCCCCOCOc1ccc2c(c1)Oc1cc(OCOCCCCCCCCCCCC)ccc1C21OC(=O)c2ccccc21. The summed E-state index contributed by atoms with van der Waals surface area (Å²) in [5, 5.41) is 0. The van der Waals surface area contributed by atoms with Gasteiger partial charge in [0.25, 0.3) is 0 Å². The van der Waals surface area contributed by atoms with Crippen LogP contribution < -0.4 is 14.2 Å². The molecule has 0 radical (unpaired) electrons. The second-order valence-electron chi connectivity index (χ2n) is 14.7. The van der Waals surface area contributed by atoms with Gasteiger partial charge in [-0.25, -0.2) is 4.79 Å². The molecule has 3 aromatic rings. The van der Waals surface area contributed by atoms with Gasteiger partial charge >= 0.3 is 5.97 Å². The fourth-order valence-corrected chi connectivity index (χ4v) is 7.54. The summed E-state index contributed by atoms with van der Waals surface area (Å²) in [4.78, 5) is 13.2. The van der Waals surface area contributed by atoms with Gasteiger partial charge in [0.2, 0.25) is 0 Å². The predicted molar refractivity (Wildman–Crippen MR) is 211 cm³/mol. The Kier molecular flexibility index (Phi) is 17.3. The third kappa shape index (κ3) is 11.7. The fraction of sp³-hybridized carbons (Fsp3) is 0.587. The van der Waals surface area contributed by atoms with Gasteiger partial charge in [0.05, 0.1) is 18.8 Å². The van der Waals surface area contributed by atoms with E-state index in [2.05, 4.69) is 13.8 Å². The number of fused-ring (bicyclic) bond motifs is 6. The van der Waals surface area contributed by atoms with Crippen LogP contribution >= 0.6 is 0 Å². The first-order valence-electron chi connectivity index (χ1n) is 20.9. The molecule has 5 rings (SSSR count). The zero-order valence-electron chi connectivity index (χ0n) is 32.6. The summed E-state index contributed by atoms with van der Waals surface area (Å²) in [6.07, 6.45) is 25.8. The molecule has 0 amide bonds. The smallest absolute Gasteiger partial charge is 0.340 e. The number of carbonyl (C=O) groups excluding carboxylic acids is 1. The average Bonchev–Trinajstić information content (AvgIpc) is 3.47. The van der Waals surface area contributed by atoms with Gasteiger partial charge in [-0.15, -0.1) is 0 Å². The predicted octanol–water partition coefficient (Wildman–Crippen LogP) is 12.8. The van der Waals surface area contributed by atoms with E-state index >= 15 is 0 Å². The standard InChI is InChI=1S/C46H64O7/c1-3-5-7-9-11-13-15-17-19-23-31-48-35-50-37-27-29-41-43(33-37)52-44-34-38(51-36-49-32-24-20-18-16-14-12-10-8-6-4-2)28-30-42(44)46(41)40-26-22-21-25-39(40)45(47)53-46/h21-22,25-30,33-34H,3-20,23-24,31-32,35-36H2,1-2H3. The summed E-state index contributed by atoms with van der Waals surface area (Å²) in [7, 11) is 0. The third-order valence-electron chi connectivity index (χ3n) is 10.6. The Morgan fingerprint density at radius 3 is 1.42 bits per heavy atom. The topological polar surface area (TPSA) is 72.5 Å². The minimum atomic E-state index is -1.15. The molecule has 0 unspecified atom stereocenters. The van der Waals surface area contributed by atoms with E-state index in [4.69, 9.17) is 28.4 Å². The van der Waals surface area contributed by atoms with Gasteiger partial charge in [0.15, 0.2) is 19.2 Å². The van der Waals surface area contributed by atoms with E-state index in [0.29, 0.717) is 41.8 Å². The van der Waals surface area contributed by atoms with E-state index < -0.39 is 5.60 Å². The van der Waals surface area contributed by atoms with Crippen molar-refractivity contribution in [1.29, 1.82) is 0 Å². The number of ether oxygens (including phenoxy) is 6. The minimum Gasteiger partial charge on any atom is -0.467 e. The molecule has 0 aliphatic carbocycles. The van der Waals surface area contributed by atoms with Crippen LogP contribution in [-0.4, -0.2) is 32.8 Å². The van der Waals surface area contributed by atoms with Crippen molar-refractivity contribution in [3.63, 3.8) is 0 Å². The molecule has 7 nitrogen and oxygen atoms in total. The number of esters is 1. The quantitative estimate of drug-likeness (QED) is 0.0419. The Labute approximate surface area is 319 Å². The first-order chi connectivity index (χ1) is 26.2. The minimum absolute atomic E-state index is 0.160. The number of benzene rings is 3. The van der Waals surface area contributed by atoms with Gasteiger partial charge in [-0.3, -0.25) is 0 Å².